The summed E-state index contributed by atoms with van der Waals surface area (Å²) < 4.78 is 40.9. The van der Waals surface area contributed by atoms with Gasteiger partial charge in [-0.1, -0.05) is 31.5 Å². The molecule has 2 atom stereocenters. The smallest absolute Gasteiger partial charge is 0.367 e. The van der Waals surface area contributed by atoms with Crippen LogP contribution in [0.5, 0.6) is 0 Å². The quantitative estimate of drug-likeness (QED) is 0.349. The Bertz CT molecular complexity index is 984. The van der Waals surface area contributed by atoms with Gasteiger partial charge in [-0.15, -0.1) is 10.2 Å². The van der Waals surface area contributed by atoms with Gasteiger partial charge in [0, 0.05) is 50.1 Å². The van der Waals surface area contributed by atoms with Gasteiger partial charge in [-0.3, -0.25) is 0 Å². The van der Waals surface area contributed by atoms with Crippen LogP contribution in [-0.2, 0) is 13.2 Å². The molecule has 3 heterocycles. The molecule has 2 saturated heterocycles. The molecule has 2 aromatic rings. The Morgan fingerprint density at radius 3 is 2.46 bits per heavy atom. The Morgan fingerprint density at radius 1 is 1.00 bits per heavy atom. The Balaban J connectivity index is 1.08. The second-order valence-electron chi connectivity index (χ2n) is 10.7. The molecule has 0 unspecified atom stereocenters. The summed E-state index contributed by atoms with van der Waals surface area (Å²) >= 11 is 1.80. The minimum Gasteiger partial charge on any atom is -0.367 e. The summed E-state index contributed by atoms with van der Waals surface area (Å²) in [6, 6.07) is 6.08. The van der Waals surface area contributed by atoms with Gasteiger partial charge in [-0.2, -0.15) is 13.2 Å². The number of hydrogen-bond acceptors (Lipinski definition) is 5. The van der Waals surface area contributed by atoms with E-state index in [9.17, 15) is 13.2 Å². The van der Waals surface area contributed by atoms with Crippen LogP contribution < -0.4 is 4.90 Å². The molecule has 3 fully saturated rings. The van der Waals surface area contributed by atoms with Gasteiger partial charge in [0.05, 0.1) is 5.56 Å². The molecule has 0 N–H and O–H groups in total. The average molecular weight is 508 g/mol. The fourth-order valence-electron chi connectivity index (χ4n) is 6.17. The van der Waals surface area contributed by atoms with Gasteiger partial charge >= 0.3 is 6.18 Å². The van der Waals surface area contributed by atoms with Crippen LogP contribution in [0.1, 0.15) is 62.8 Å². The van der Waals surface area contributed by atoms with E-state index in [1.165, 1.54) is 37.8 Å². The molecule has 5 nitrogen and oxygen atoms in total. The lowest BCUT2D eigenvalue weighted by atomic mass is 9.82. The van der Waals surface area contributed by atoms with Crippen LogP contribution in [0.25, 0.3) is 0 Å². The molecule has 1 aromatic heterocycles. The van der Waals surface area contributed by atoms with Crippen molar-refractivity contribution < 1.29 is 13.2 Å². The van der Waals surface area contributed by atoms with E-state index in [1.807, 2.05) is 0 Å². The number of thioether (sulfide) groups is 1. The SMILES string of the molecule is CC1CCC(c2nnc(SCCCN3C[C@@H]4CCN(c5ccc(C(F)(F)F)cc5)[C@@H]4C3)n2C)CC1. The molecule has 1 aromatic carbocycles. The molecule has 3 aliphatic rings. The van der Waals surface area contributed by atoms with Gasteiger partial charge in [0.1, 0.15) is 5.82 Å². The van der Waals surface area contributed by atoms with E-state index in [1.54, 1.807) is 23.9 Å². The van der Waals surface area contributed by atoms with Crippen LogP contribution >= 0.6 is 11.8 Å². The van der Waals surface area contributed by atoms with Crippen molar-refractivity contribution in [3.63, 3.8) is 0 Å². The number of nitrogens with zero attached hydrogens (tertiary/aromatic N) is 5. The first kappa shape index (κ1) is 24.9. The summed E-state index contributed by atoms with van der Waals surface area (Å²) in [5.41, 5.74) is 0.333. The van der Waals surface area contributed by atoms with Gasteiger partial charge < -0.3 is 14.4 Å². The summed E-state index contributed by atoms with van der Waals surface area (Å²) in [4.78, 5) is 4.84. The molecule has 5 rings (SSSR count). The molecule has 1 aliphatic carbocycles. The summed E-state index contributed by atoms with van der Waals surface area (Å²) in [5, 5.41) is 10.0. The number of aromatic nitrogens is 3. The van der Waals surface area contributed by atoms with Crippen LogP contribution in [0.3, 0.4) is 0 Å². The van der Waals surface area contributed by atoms with Gasteiger partial charge in [0.15, 0.2) is 5.16 Å². The van der Waals surface area contributed by atoms with Crippen molar-refractivity contribution in [3.8, 4) is 0 Å². The third-order valence-corrected chi connectivity index (χ3v) is 9.36. The summed E-state index contributed by atoms with van der Waals surface area (Å²) in [6.07, 6.45) is 2.93. The zero-order valence-corrected chi connectivity index (χ0v) is 21.5. The van der Waals surface area contributed by atoms with E-state index in [0.717, 1.165) is 67.4 Å². The number of rotatable bonds is 7. The first-order valence-corrected chi connectivity index (χ1v) is 14.0. The number of anilines is 1. The number of benzene rings is 1. The predicted octanol–water partition coefficient (Wildman–Crippen LogP) is 5.82. The molecule has 0 bridgehead atoms. The van der Waals surface area contributed by atoms with E-state index in [4.69, 9.17) is 0 Å². The summed E-state index contributed by atoms with van der Waals surface area (Å²) in [6.45, 7) is 6.39. The fraction of sp³-hybridized carbons (Fsp3) is 0.692. The van der Waals surface area contributed by atoms with Crippen molar-refractivity contribution >= 4 is 17.4 Å². The number of fused-ring (bicyclic) bond motifs is 1. The van der Waals surface area contributed by atoms with Crippen LogP contribution in [0.2, 0.25) is 0 Å². The lowest BCUT2D eigenvalue weighted by Crippen LogP contribution is -2.35. The van der Waals surface area contributed by atoms with Gasteiger partial charge in [0.2, 0.25) is 0 Å². The molecular formula is C26H36F3N5S. The second kappa shape index (κ2) is 10.3. The van der Waals surface area contributed by atoms with Crippen molar-refractivity contribution in [3.05, 3.63) is 35.7 Å². The van der Waals surface area contributed by atoms with Gasteiger partial charge in [-0.25, -0.2) is 0 Å². The Kier molecular flexibility index (Phi) is 7.35. The highest BCUT2D eigenvalue weighted by atomic mass is 32.2. The molecule has 1 saturated carbocycles. The fourth-order valence-corrected chi connectivity index (χ4v) is 7.01. The maximum atomic E-state index is 12.9. The largest absolute Gasteiger partial charge is 0.416 e. The number of alkyl halides is 3. The second-order valence-corrected chi connectivity index (χ2v) is 11.7. The van der Waals surface area contributed by atoms with Crippen molar-refractivity contribution in [2.45, 2.75) is 68.7 Å². The van der Waals surface area contributed by atoms with Crippen LogP contribution in [0.4, 0.5) is 18.9 Å². The van der Waals surface area contributed by atoms with Crippen molar-refractivity contribution in [2.24, 2.45) is 18.9 Å². The normalized spacial score (nSPS) is 27.5. The van der Waals surface area contributed by atoms with Gasteiger partial charge in [0.25, 0.3) is 0 Å². The number of hydrogen-bond donors (Lipinski definition) is 0. The Hall–Kier alpha value is -1.74. The lowest BCUT2D eigenvalue weighted by Gasteiger charge is -2.27. The monoisotopic (exact) mass is 507 g/mol. The molecule has 192 valence electrons. The third-order valence-electron chi connectivity index (χ3n) is 8.25. The Labute approximate surface area is 210 Å². The minimum atomic E-state index is -4.28. The maximum absolute atomic E-state index is 12.9. The van der Waals surface area contributed by atoms with Crippen molar-refractivity contribution in [1.82, 2.24) is 19.7 Å². The minimum absolute atomic E-state index is 0.402. The standard InChI is InChI=1S/C26H36F3N5S/c1-18-4-6-19(7-5-18)24-30-31-25(32(24)2)35-15-3-13-33-16-20-12-14-34(23(20)17-33)22-10-8-21(9-11-22)26(27,28)29/h8-11,18-20,23H,3-7,12-17H2,1-2H3/t18?,19?,20-,23+/m0/s1. The Morgan fingerprint density at radius 2 is 1.74 bits per heavy atom. The van der Waals surface area contributed by atoms with Gasteiger partial charge in [-0.05, 0) is 68.3 Å². The number of halogens is 3. The topological polar surface area (TPSA) is 37.2 Å². The summed E-state index contributed by atoms with van der Waals surface area (Å²) in [7, 11) is 2.10. The van der Waals surface area contributed by atoms with Crippen LogP contribution in [0, 0.1) is 11.8 Å². The average Bonchev–Trinajstić information content (AvgIpc) is 3.51. The molecule has 35 heavy (non-hydrogen) atoms. The van der Waals surface area contributed by atoms with E-state index >= 15 is 0 Å². The maximum Gasteiger partial charge on any atom is 0.416 e. The summed E-state index contributed by atoms with van der Waals surface area (Å²) in [5.74, 6) is 4.15. The third kappa shape index (κ3) is 5.50. The molecule has 0 radical (unpaired) electrons. The zero-order chi connectivity index (χ0) is 24.6. The lowest BCUT2D eigenvalue weighted by molar-refractivity contribution is -0.137. The predicted molar refractivity (Wildman–Crippen MR) is 134 cm³/mol. The van der Waals surface area contributed by atoms with Crippen molar-refractivity contribution in [1.29, 1.82) is 0 Å². The van der Waals surface area contributed by atoms with E-state index in [0.29, 0.717) is 17.9 Å². The van der Waals surface area contributed by atoms with Crippen molar-refractivity contribution in [2.75, 3.05) is 36.8 Å². The molecule has 0 spiro atoms. The zero-order valence-electron chi connectivity index (χ0n) is 20.7. The molecule has 2 aliphatic heterocycles. The highest BCUT2D eigenvalue weighted by molar-refractivity contribution is 7.99. The first-order valence-electron chi connectivity index (χ1n) is 13.0. The first-order chi connectivity index (χ1) is 16.8. The highest BCUT2D eigenvalue weighted by Gasteiger charge is 2.41. The highest BCUT2D eigenvalue weighted by Crippen LogP contribution is 2.38. The van der Waals surface area contributed by atoms with E-state index < -0.39 is 11.7 Å². The molecule has 0 amide bonds. The van der Waals surface area contributed by atoms with E-state index in [-0.39, 0.29) is 0 Å². The molecular weight excluding hydrogens is 471 g/mol. The van der Waals surface area contributed by atoms with E-state index in [2.05, 4.69) is 38.5 Å². The molecule has 9 heteroatoms. The van der Waals surface area contributed by atoms with Crippen LogP contribution in [0.15, 0.2) is 29.4 Å². The van der Waals surface area contributed by atoms with Crippen LogP contribution in [-0.4, -0.2) is 57.6 Å². The number of likely N-dealkylation sites (tertiary alicyclic amines) is 1.